The summed E-state index contributed by atoms with van der Waals surface area (Å²) in [6, 6.07) is 0.736. The third kappa shape index (κ3) is 3.36. The molecule has 0 atom stereocenters. The molecule has 0 bridgehead atoms. The number of halogens is 2. The molecule has 0 aliphatic heterocycles. The fraction of sp³-hybridized carbons (Fsp3) is 0.417. The SMILES string of the molecule is COC1CC(NC(=O)c2cc(S(N)(=O)=O)c(F)cc2F)C1. The number of methoxy groups -OCH3 is 1. The molecule has 0 radical (unpaired) electrons. The Bertz CT molecular complexity index is 672. The monoisotopic (exact) mass is 320 g/mol. The molecule has 9 heteroatoms. The van der Waals surface area contributed by atoms with Gasteiger partial charge < -0.3 is 10.1 Å². The van der Waals surface area contributed by atoms with Gasteiger partial charge in [0.05, 0.1) is 11.7 Å². The average molecular weight is 320 g/mol. The zero-order valence-corrected chi connectivity index (χ0v) is 11.9. The average Bonchev–Trinajstić information content (AvgIpc) is 2.31. The van der Waals surface area contributed by atoms with E-state index in [1.807, 2.05) is 0 Å². The van der Waals surface area contributed by atoms with Crippen LogP contribution in [0, 0.1) is 11.6 Å². The maximum atomic E-state index is 13.6. The minimum absolute atomic E-state index is 0.0355. The highest BCUT2D eigenvalue weighted by Gasteiger charge is 2.31. The van der Waals surface area contributed by atoms with Crippen molar-refractivity contribution < 1.29 is 26.7 Å². The quantitative estimate of drug-likeness (QED) is 0.845. The molecule has 0 unspecified atom stereocenters. The van der Waals surface area contributed by atoms with Crippen LogP contribution in [-0.4, -0.2) is 33.6 Å². The first-order valence-corrected chi connectivity index (χ1v) is 7.62. The summed E-state index contributed by atoms with van der Waals surface area (Å²) in [4.78, 5) is 11.0. The number of carbonyl (C=O) groups excluding carboxylic acids is 1. The van der Waals surface area contributed by atoms with Crippen molar-refractivity contribution in [3.05, 3.63) is 29.3 Å². The standard InChI is InChI=1S/C12H14F2N2O4S/c1-20-7-2-6(3-7)16-12(17)8-4-11(21(15,18)19)10(14)5-9(8)13/h4-7H,2-3H2,1H3,(H,16,17)(H2,15,18,19). The highest BCUT2D eigenvalue weighted by Crippen LogP contribution is 2.24. The Kier molecular flexibility index (Phi) is 4.26. The van der Waals surface area contributed by atoms with Gasteiger partial charge >= 0.3 is 0 Å². The van der Waals surface area contributed by atoms with E-state index in [0.717, 1.165) is 0 Å². The molecule has 1 aliphatic carbocycles. The van der Waals surface area contributed by atoms with E-state index in [1.54, 1.807) is 7.11 Å². The fourth-order valence-corrected chi connectivity index (χ4v) is 2.67. The van der Waals surface area contributed by atoms with Gasteiger partial charge in [-0.3, -0.25) is 4.79 Å². The van der Waals surface area contributed by atoms with Gasteiger partial charge in [-0.05, 0) is 18.9 Å². The molecule has 0 heterocycles. The van der Waals surface area contributed by atoms with Crippen LogP contribution in [0.1, 0.15) is 23.2 Å². The molecule has 1 fully saturated rings. The maximum absolute atomic E-state index is 13.6. The van der Waals surface area contributed by atoms with Crippen LogP contribution in [-0.2, 0) is 14.8 Å². The molecular weight excluding hydrogens is 306 g/mol. The number of benzene rings is 1. The van der Waals surface area contributed by atoms with Crippen molar-refractivity contribution in [3.8, 4) is 0 Å². The first-order chi connectivity index (χ1) is 9.72. The molecule has 1 saturated carbocycles. The lowest BCUT2D eigenvalue weighted by molar-refractivity contribution is 0.0175. The van der Waals surface area contributed by atoms with Gasteiger partial charge in [-0.2, -0.15) is 0 Å². The second-order valence-corrected chi connectivity index (χ2v) is 6.34. The lowest BCUT2D eigenvalue weighted by Gasteiger charge is -2.34. The zero-order valence-electron chi connectivity index (χ0n) is 11.1. The lowest BCUT2D eigenvalue weighted by atomic mass is 9.89. The molecule has 1 aromatic rings. The predicted molar refractivity (Wildman–Crippen MR) is 69.0 cm³/mol. The van der Waals surface area contributed by atoms with Gasteiger partial charge in [0.15, 0.2) is 0 Å². The van der Waals surface area contributed by atoms with Crippen molar-refractivity contribution in [2.75, 3.05) is 7.11 Å². The highest BCUT2D eigenvalue weighted by molar-refractivity contribution is 7.89. The molecule has 1 amide bonds. The van der Waals surface area contributed by atoms with Crippen LogP contribution in [0.25, 0.3) is 0 Å². The van der Waals surface area contributed by atoms with Gasteiger partial charge in [0.25, 0.3) is 5.91 Å². The summed E-state index contributed by atoms with van der Waals surface area (Å²) < 4.78 is 54.4. The molecule has 1 aliphatic rings. The van der Waals surface area contributed by atoms with Crippen molar-refractivity contribution in [1.29, 1.82) is 0 Å². The molecule has 116 valence electrons. The Morgan fingerprint density at radius 2 is 1.95 bits per heavy atom. The van der Waals surface area contributed by atoms with E-state index in [9.17, 15) is 22.0 Å². The molecule has 3 N–H and O–H groups in total. The van der Waals surface area contributed by atoms with Gasteiger partial charge in [-0.25, -0.2) is 22.3 Å². The van der Waals surface area contributed by atoms with Crippen molar-refractivity contribution in [1.82, 2.24) is 5.32 Å². The van der Waals surface area contributed by atoms with E-state index in [1.165, 1.54) is 0 Å². The minimum Gasteiger partial charge on any atom is -0.381 e. The number of hydrogen-bond acceptors (Lipinski definition) is 4. The van der Waals surface area contributed by atoms with Gasteiger partial charge in [0, 0.05) is 19.2 Å². The number of nitrogens with two attached hydrogens (primary N) is 1. The second kappa shape index (κ2) is 5.66. The number of amides is 1. The lowest BCUT2D eigenvalue weighted by Crippen LogP contribution is -2.47. The van der Waals surface area contributed by atoms with E-state index >= 15 is 0 Å². The van der Waals surface area contributed by atoms with E-state index in [-0.39, 0.29) is 12.1 Å². The van der Waals surface area contributed by atoms with Crippen molar-refractivity contribution >= 4 is 15.9 Å². The third-order valence-electron chi connectivity index (χ3n) is 3.34. The number of nitrogens with one attached hydrogen (secondary N) is 1. The summed E-state index contributed by atoms with van der Waals surface area (Å²) in [6.45, 7) is 0. The van der Waals surface area contributed by atoms with Crippen LogP contribution in [0.2, 0.25) is 0 Å². The fourth-order valence-electron chi connectivity index (χ4n) is 2.06. The van der Waals surface area contributed by atoms with E-state index < -0.39 is 38.0 Å². The molecule has 0 aromatic heterocycles. The van der Waals surface area contributed by atoms with Crippen LogP contribution in [0.5, 0.6) is 0 Å². The summed E-state index contributed by atoms with van der Waals surface area (Å²) in [5, 5.41) is 7.33. The Labute approximate surface area is 120 Å². The minimum atomic E-state index is -4.38. The van der Waals surface area contributed by atoms with Crippen LogP contribution >= 0.6 is 0 Å². The predicted octanol–water partition coefficient (Wildman–Crippen LogP) is 0.519. The van der Waals surface area contributed by atoms with Crippen LogP contribution in [0.3, 0.4) is 0 Å². The summed E-state index contributed by atoms with van der Waals surface area (Å²) >= 11 is 0. The molecule has 0 spiro atoms. The topological polar surface area (TPSA) is 98.5 Å². The first kappa shape index (κ1) is 15.8. The van der Waals surface area contributed by atoms with Crippen molar-refractivity contribution in [3.63, 3.8) is 0 Å². The van der Waals surface area contributed by atoms with E-state index in [2.05, 4.69) is 5.32 Å². The summed E-state index contributed by atoms with van der Waals surface area (Å²) in [7, 11) is -2.84. The van der Waals surface area contributed by atoms with Gasteiger partial charge in [-0.15, -0.1) is 0 Å². The Balaban J connectivity index is 2.21. The van der Waals surface area contributed by atoms with Crippen LogP contribution in [0.15, 0.2) is 17.0 Å². The molecule has 6 nitrogen and oxygen atoms in total. The number of primary sulfonamides is 1. The van der Waals surface area contributed by atoms with E-state index in [0.29, 0.717) is 25.0 Å². The number of carbonyl (C=O) groups is 1. The Morgan fingerprint density at radius 3 is 2.48 bits per heavy atom. The molecule has 2 rings (SSSR count). The number of rotatable bonds is 4. The Morgan fingerprint density at radius 1 is 1.33 bits per heavy atom. The van der Waals surface area contributed by atoms with Crippen LogP contribution in [0.4, 0.5) is 8.78 Å². The van der Waals surface area contributed by atoms with Gasteiger partial charge in [0.2, 0.25) is 10.0 Å². The van der Waals surface area contributed by atoms with Gasteiger partial charge in [0.1, 0.15) is 16.5 Å². The van der Waals surface area contributed by atoms with Crippen molar-refractivity contribution in [2.24, 2.45) is 5.14 Å². The number of hydrogen-bond donors (Lipinski definition) is 2. The largest absolute Gasteiger partial charge is 0.381 e. The Hall–Kier alpha value is -1.58. The second-order valence-electron chi connectivity index (χ2n) is 4.81. The maximum Gasteiger partial charge on any atom is 0.254 e. The zero-order chi connectivity index (χ0) is 15.8. The van der Waals surface area contributed by atoms with Gasteiger partial charge in [-0.1, -0.05) is 0 Å². The third-order valence-corrected chi connectivity index (χ3v) is 4.26. The summed E-state index contributed by atoms with van der Waals surface area (Å²) in [5.74, 6) is -3.31. The van der Waals surface area contributed by atoms with Crippen LogP contribution < -0.4 is 10.5 Å². The summed E-state index contributed by atoms with van der Waals surface area (Å²) in [5.41, 5.74) is -0.568. The van der Waals surface area contributed by atoms with Crippen molar-refractivity contribution in [2.45, 2.75) is 29.9 Å². The van der Waals surface area contributed by atoms with E-state index in [4.69, 9.17) is 9.88 Å². The summed E-state index contributed by atoms with van der Waals surface area (Å²) in [6.07, 6.45) is 1.19. The molecule has 1 aromatic carbocycles. The first-order valence-electron chi connectivity index (χ1n) is 6.08. The number of sulfonamides is 1. The molecule has 21 heavy (non-hydrogen) atoms. The highest BCUT2D eigenvalue weighted by atomic mass is 32.2. The normalized spacial score (nSPS) is 21.7. The molecule has 0 saturated heterocycles. The smallest absolute Gasteiger partial charge is 0.254 e. The molecular formula is C12H14F2N2O4S. The number of ether oxygens (including phenoxy) is 1.